The molecule has 2 amide bonds. The van der Waals surface area contributed by atoms with Gasteiger partial charge in [-0.05, 0) is 42.5 Å². The largest absolute Gasteiger partial charge is 0.343 e. The lowest BCUT2D eigenvalue weighted by Gasteiger charge is -2.07. The second-order valence-electron chi connectivity index (χ2n) is 4.43. The molecule has 0 heterocycles. The Bertz CT molecular complexity index is 736. The van der Waals surface area contributed by atoms with Crippen molar-refractivity contribution in [1.29, 1.82) is 5.26 Å². The van der Waals surface area contributed by atoms with Crippen molar-refractivity contribution in [3.8, 4) is 6.07 Å². The van der Waals surface area contributed by atoms with Crippen molar-refractivity contribution in [2.24, 2.45) is 0 Å². The Balaban J connectivity index is 1.87. The highest BCUT2D eigenvalue weighted by atomic mass is 79.9. The summed E-state index contributed by atoms with van der Waals surface area (Å²) in [5, 5.41) is 13.9. The lowest BCUT2D eigenvalue weighted by molar-refractivity contribution is -0.115. The molecule has 2 rings (SSSR count). The van der Waals surface area contributed by atoms with Crippen molar-refractivity contribution in [2.45, 2.75) is 0 Å². The monoisotopic (exact) mass is 357 g/mol. The van der Waals surface area contributed by atoms with Crippen molar-refractivity contribution in [1.82, 2.24) is 5.32 Å². The summed E-state index contributed by atoms with van der Waals surface area (Å²) in [7, 11) is 0. The maximum absolute atomic E-state index is 11.9. The van der Waals surface area contributed by atoms with Crippen molar-refractivity contribution >= 4 is 33.4 Å². The van der Waals surface area contributed by atoms with Gasteiger partial charge >= 0.3 is 0 Å². The summed E-state index contributed by atoms with van der Waals surface area (Å²) in [5.41, 5.74) is 1.56. The second-order valence-corrected chi connectivity index (χ2v) is 5.35. The molecule has 0 spiro atoms. The quantitative estimate of drug-likeness (QED) is 0.882. The lowest BCUT2D eigenvalue weighted by Crippen LogP contribution is -2.32. The first kappa shape index (κ1) is 15.7. The molecule has 0 aromatic heterocycles. The van der Waals surface area contributed by atoms with Gasteiger partial charge in [0.15, 0.2) is 0 Å². The van der Waals surface area contributed by atoms with E-state index in [9.17, 15) is 9.59 Å². The first-order chi connectivity index (χ1) is 10.6. The molecule has 110 valence electrons. The zero-order valence-corrected chi connectivity index (χ0v) is 13.1. The van der Waals surface area contributed by atoms with Gasteiger partial charge in [0.25, 0.3) is 5.91 Å². The number of halogens is 1. The van der Waals surface area contributed by atoms with E-state index in [1.165, 1.54) is 0 Å². The standard InChI is InChI=1S/C16H12BrN3O2/c17-13-3-1-2-12(8-13)16(22)19-10-15(21)20-14-6-4-11(9-18)5-7-14/h1-8H,10H2,(H,19,22)(H,20,21). The summed E-state index contributed by atoms with van der Waals surface area (Å²) in [5.74, 6) is -0.663. The van der Waals surface area contributed by atoms with Crippen molar-refractivity contribution in [2.75, 3.05) is 11.9 Å². The summed E-state index contributed by atoms with van der Waals surface area (Å²) < 4.78 is 0.794. The molecule has 0 aliphatic rings. The number of amides is 2. The topological polar surface area (TPSA) is 82.0 Å². The van der Waals surface area contributed by atoms with Crippen LogP contribution in [0.3, 0.4) is 0 Å². The number of anilines is 1. The van der Waals surface area contributed by atoms with Gasteiger partial charge in [0.1, 0.15) is 0 Å². The van der Waals surface area contributed by atoms with Gasteiger partial charge in [0.05, 0.1) is 18.2 Å². The minimum atomic E-state index is -0.340. The third-order valence-electron chi connectivity index (χ3n) is 2.79. The van der Waals surface area contributed by atoms with Crippen LogP contribution in [0.1, 0.15) is 15.9 Å². The van der Waals surface area contributed by atoms with Crippen molar-refractivity contribution in [3.63, 3.8) is 0 Å². The molecule has 2 N–H and O–H groups in total. The average Bonchev–Trinajstić information content (AvgIpc) is 2.53. The molecule has 0 aliphatic carbocycles. The molecule has 0 fully saturated rings. The average molecular weight is 358 g/mol. The fourth-order valence-corrected chi connectivity index (χ4v) is 2.12. The number of nitrogens with zero attached hydrogens (tertiary/aromatic N) is 1. The molecular weight excluding hydrogens is 346 g/mol. The normalized spacial score (nSPS) is 9.64. The number of benzene rings is 2. The smallest absolute Gasteiger partial charge is 0.251 e. The van der Waals surface area contributed by atoms with Crippen LogP contribution in [0.5, 0.6) is 0 Å². The van der Waals surface area contributed by atoms with E-state index in [4.69, 9.17) is 5.26 Å². The van der Waals surface area contributed by atoms with Crippen LogP contribution in [0, 0.1) is 11.3 Å². The molecule has 0 saturated heterocycles. The number of carbonyl (C=O) groups is 2. The lowest BCUT2D eigenvalue weighted by atomic mass is 10.2. The molecule has 0 bridgehead atoms. The highest BCUT2D eigenvalue weighted by Gasteiger charge is 2.08. The number of hydrogen-bond acceptors (Lipinski definition) is 3. The van der Waals surface area contributed by atoms with E-state index in [2.05, 4.69) is 26.6 Å². The van der Waals surface area contributed by atoms with Crippen LogP contribution in [-0.2, 0) is 4.79 Å². The van der Waals surface area contributed by atoms with Gasteiger partial charge in [-0.15, -0.1) is 0 Å². The maximum Gasteiger partial charge on any atom is 0.251 e. The van der Waals surface area contributed by atoms with Crippen LogP contribution in [-0.4, -0.2) is 18.4 Å². The molecule has 0 atom stereocenters. The van der Waals surface area contributed by atoms with Gasteiger partial charge in [-0.1, -0.05) is 22.0 Å². The summed E-state index contributed by atoms with van der Waals surface area (Å²) >= 11 is 3.28. The Labute approximate surface area is 136 Å². The second kappa shape index (κ2) is 7.38. The van der Waals surface area contributed by atoms with Gasteiger partial charge in [-0.2, -0.15) is 5.26 Å². The molecular formula is C16H12BrN3O2. The van der Waals surface area contributed by atoms with Crippen molar-refractivity contribution in [3.05, 3.63) is 64.1 Å². The maximum atomic E-state index is 11.9. The summed E-state index contributed by atoms with van der Waals surface area (Å²) in [6, 6.07) is 15.4. The Morgan fingerprint density at radius 1 is 1.14 bits per heavy atom. The third kappa shape index (κ3) is 4.43. The molecule has 5 nitrogen and oxygen atoms in total. The minimum absolute atomic E-state index is 0.134. The zero-order chi connectivity index (χ0) is 15.9. The van der Waals surface area contributed by atoms with E-state index in [1.54, 1.807) is 42.5 Å². The summed E-state index contributed by atoms with van der Waals surface area (Å²) in [4.78, 5) is 23.7. The Morgan fingerprint density at radius 3 is 2.50 bits per heavy atom. The molecule has 6 heteroatoms. The molecule has 0 unspecified atom stereocenters. The first-order valence-electron chi connectivity index (χ1n) is 6.42. The third-order valence-corrected chi connectivity index (χ3v) is 3.29. The minimum Gasteiger partial charge on any atom is -0.343 e. The van der Waals surface area contributed by atoms with Crippen molar-refractivity contribution < 1.29 is 9.59 Å². The summed E-state index contributed by atoms with van der Waals surface area (Å²) in [6.07, 6.45) is 0. The van der Waals surface area contributed by atoms with E-state index in [-0.39, 0.29) is 18.4 Å². The van der Waals surface area contributed by atoms with E-state index in [0.717, 1.165) is 4.47 Å². The van der Waals surface area contributed by atoms with Crippen LogP contribution < -0.4 is 10.6 Å². The molecule has 2 aromatic rings. The highest BCUT2D eigenvalue weighted by Crippen LogP contribution is 2.11. The van der Waals surface area contributed by atoms with Gasteiger partial charge in [-0.25, -0.2) is 0 Å². The number of rotatable bonds is 4. The predicted molar refractivity (Wildman–Crippen MR) is 86.3 cm³/mol. The summed E-state index contributed by atoms with van der Waals surface area (Å²) in [6.45, 7) is -0.134. The predicted octanol–water partition coefficient (Wildman–Crippen LogP) is 2.69. The van der Waals surface area contributed by atoms with Gasteiger partial charge < -0.3 is 10.6 Å². The number of hydrogen-bond donors (Lipinski definition) is 2. The van der Waals surface area contributed by atoms with Crippen LogP contribution in [0.2, 0.25) is 0 Å². The number of nitriles is 1. The van der Waals surface area contributed by atoms with E-state index < -0.39 is 0 Å². The molecule has 2 aromatic carbocycles. The number of nitrogens with one attached hydrogen (secondary N) is 2. The Morgan fingerprint density at radius 2 is 1.86 bits per heavy atom. The van der Waals surface area contributed by atoms with E-state index >= 15 is 0 Å². The molecule has 22 heavy (non-hydrogen) atoms. The van der Waals surface area contributed by atoms with Gasteiger partial charge in [0, 0.05) is 15.7 Å². The number of carbonyl (C=O) groups excluding carboxylic acids is 2. The highest BCUT2D eigenvalue weighted by molar-refractivity contribution is 9.10. The van der Waals surface area contributed by atoms with E-state index in [1.807, 2.05) is 12.1 Å². The van der Waals surface area contributed by atoms with Crippen LogP contribution in [0.25, 0.3) is 0 Å². The Hall–Kier alpha value is -2.65. The van der Waals surface area contributed by atoms with Gasteiger partial charge in [0.2, 0.25) is 5.91 Å². The van der Waals surface area contributed by atoms with Crippen LogP contribution >= 0.6 is 15.9 Å². The fourth-order valence-electron chi connectivity index (χ4n) is 1.73. The molecule has 0 saturated carbocycles. The van der Waals surface area contributed by atoms with Gasteiger partial charge in [-0.3, -0.25) is 9.59 Å². The molecule has 0 aliphatic heterocycles. The van der Waals surface area contributed by atoms with Crippen LogP contribution in [0.15, 0.2) is 53.0 Å². The van der Waals surface area contributed by atoms with Crippen LogP contribution in [0.4, 0.5) is 5.69 Å². The Kier molecular flexibility index (Phi) is 5.28. The molecule has 0 radical (unpaired) electrons. The fraction of sp³-hybridized carbons (Fsp3) is 0.0625. The zero-order valence-electron chi connectivity index (χ0n) is 11.5. The first-order valence-corrected chi connectivity index (χ1v) is 7.21. The SMILES string of the molecule is N#Cc1ccc(NC(=O)CNC(=O)c2cccc(Br)c2)cc1. The van der Waals surface area contributed by atoms with E-state index in [0.29, 0.717) is 16.8 Å².